The van der Waals surface area contributed by atoms with Crippen molar-refractivity contribution in [2.75, 3.05) is 0 Å². The molecule has 0 aliphatic heterocycles. The van der Waals surface area contributed by atoms with Gasteiger partial charge in [0, 0.05) is 6.04 Å². The molecule has 1 aliphatic carbocycles. The fourth-order valence-electron chi connectivity index (χ4n) is 2.87. The van der Waals surface area contributed by atoms with Gasteiger partial charge < -0.3 is 10.8 Å². The Bertz CT molecular complexity index is 619. The average Bonchev–Trinajstić information content (AvgIpc) is 3.06. The summed E-state index contributed by atoms with van der Waals surface area (Å²) in [6, 6.07) is 0.667. The lowest BCUT2D eigenvalue weighted by Gasteiger charge is -2.25. The zero-order chi connectivity index (χ0) is 15.7. The molecule has 1 saturated carbocycles. The normalized spacial score (nSPS) is 22.9. The van der Waals surface area contributed by atoms with Crippen LogP contribution in [0, 0.1) is 0 Å². The molecule has 0 amide bonds. The Morgan fingerprint density at radius 1 is 1.32 bits per heavy atom. The molecule has 8 nitrogen and oxygen atoms in total. The highest BCUT2D eigenvalue weighted by atomic mass is 16.3. The topological polar surface area (TPSA) is 108 Å². The van der Waals surface area contributed by atoms with E-state index in [2.05, 4.69) is 20.4 Å². The second kappa shape index (κ2) is 5.77. The largest absolute Gasteiger partial charge is 0.389 e. The van der Waals surface area contributed by atoms with Crippen molar-refractivity contribution in [1.82, 2.24) is 29.8 Å². The predicted octanol–water partition coefficient (Wildman–Crippen LogP) is 0.750. The SMILES string of the molecule is CC(C)(O)Cn1ncnc1-c1cn(C2CCC(N)CC2)nn1. The molecule has 2 aromatic heterocycles. The molecular weight excluding hydrogens is 282 g/mol. The number of rotatable bonds is 4. The summed E-state index contributed by atoms with van der Waals surface area (Å²) in [7, 11) is 0. The van der Waals surface area contributed by atoms with Crippen LogP contribution in [0.1, 0.15) is 45.6 Å². The summed E-state index contributed by atoms with van der Waals surface area (Å²) in [5, 5.41) is 22.6. The summed E-state index contributed by atoms with van der Waals surface area (Å²) in [6.45, 7) is 3.83. The van der Waals surface area contributed by atoms with E-state index in [0.717, 1.165) is 25.7 Å². The van der Waals surface area contributed by atoms with E-state index in [1.54, 1.807) is 18.5 Å². The third-order valence-electron chi connectivity index (χ3n) is 4.01. The van der Waals surface area contributed by atoms with Crippen LogP contribution < -0.4 is 5.73 Å². The molecule has 1 fully saturated rings. The molecule has 8 heteroatoms. The second-order valence-corrected chi connectivity index (χ2v) is 6.71. The van der Waals surface area contributed by atoms with Gasteiger partial charge in [0.05, 0.1) is 24.4 Å². The Kier molecular flexibility index (Phi) is 3.96. The Morgan fingerprint density at radius 2 is 2.05 bits per heavy atom. The van der Waals surface area contributed by atoms with Gasteiger partial charge in [0.2, 0.25) is 0 Å². The lowest BCUT2D eigenvalue weighted by atomic mass is 9.92. The van der Waals surface area contributed by atoms with Crippen LogP contribution in [0.5, 0.6) is 0 Å². The van der Waals surface area contributed by atoms with Crippen molar-refractivity contribution in [2.45, 2.75) is 63.8 Å². The smallest absolute Gasteiger partial charge is 0.180 e. The van der Waals surface area contributed by atoms with E-state index in [4.69, 9.17) is 5.73 Å². The number of hydrogen-bond acceptors (Lipinski definition) is 6. The molecule has 0 spiro atoms. The van der Waals surface area contributed by atoms with Gasteiger partial charge in [0.25, 0.3) is 0 Å². The van der Waals surface area contributed by atoms with Crippen LogP contribution in [0.3, 0.4) is 0 Å². The lowest BCUT2D eigenvalue weighted by Crippen LogP contribution is -2.28. The third-order valence-corrected chi connectivity index (χ3v) is 4.01. The summed E-state index contributed by atoms with van der Waals surface area (Å²) in [4.78, 5) is 4.25. The molecule has 0 saturated heterocycles. The Morgan fingerprint density at radius 3 is 2.73 bits per heavy atom. The van der Waals surface area contributed by atoms with E-state index < -0.39 is 5.60 Å². The maximum absolute atomic E-state index is 9.95. The molecule has 2 heterocycles. The van der Waals surface area contributed by atoms with Crippen molar-refractivity contribution in [3.05, 3.63) is 12.5 Å². The molecule has 3 rings (SSSR count). The monoisotopic (exact) mass is 305 g/mol. The number of hydrogen-bond donors (Lipinski definition) is 2. The zero-order valence-corrected chi connectivity index (χ0v) is 13.1. The number of nitrogens with two attached hydrogens (primary N) is 1. The maximum Gasteiger partial charge on any atom is 0.180 e. The average molecular weight is 305 g/mol. The number of nitrogens with zero attached hydrogens (tertiary/aromatic N) is 6. The molecular formula is C14H23N7O. The summed E-state index contributed by atoms with van der Waals surface area (Å²) in [6.07, 6.45) is 7.48. The highest BCUT2D eigenvalue weighted by Gasteiger charge is 2.23. The minimum atomic E-state index is -0.863. The molecule has 0 radical (unpaired) electrons. The van der Waals surface area contributed by atoms with Crippen molar-refractivity contribution in [2.24, 2.45) is 5.73 Å². The molecule has 22 heavy (non-hydrogen) atoms. The minimum Gasteiger partial charge on any atom is -0.389 e. The summed E-state index contributed by atoms with van der Waals surface area (Å²) >= 11 is 0. The van der Waals surface area contributed by atoms with Gasteiger partial charge >= 0.3 is 0 Å². The first-order valence-electron chi connectivity index (χ1n) is 7.70. The molecule has 120 valence electrons. The number of aromatic nitrogens is 6. The first kappa shape index (κ1) is 15.1. The Hall–Kier alpha value is -1.80. The van der Waals surface area contributed by atoms with E-state index in [9.17, 15) is 5.11 Å². The minimum absolute atomic E-state index is 0.314. The van der Waals surface area contributed by atoms with Crippen molar-refractivity contribution in [1.29, 1.82) is 0 Å². The third kappa shape index (κ3) is 3.33. The van der Waals surface area contributed by atoms with Crippen LogP contribution in [-0.2, 0) is 6.54 Å². The molecule has 0 unspecified atom stereocenters. The van der Waals surface area contributed by atoms with Crippen molar-refractivity contribution < 1.29 is 5.11 Å². The Balaban J connectivity index is 1.78. The first-order chi connectivity index (χ1) is 10.4. The van der Waals surface area contributed by atoms with Crippen molar-refractivity contribution in [3.8, 4) is 11.5 Å². The molecule has 0 bridgehead atoms. The van der Waals surface area contributed by atoms with Crippen LogP contribution in [-0.4, -0.2) is 46.5 Å². The van der Waals surface area contributed by atoms with Gasteiger partial charge in [0.15, 0.2) is 5.82 Å². The van der Waals surface area contributed by atoms with Gasteiger partial charge in [-0.3, -0.25) is 0 Å². The Labute approximate surface area is 129 Å². The van der Waals surface area contributed by atoms with Crippen LogP contribution in [0.4, 0.5) is 0 Å². The van der Waals surface area contributed by atoms with E-state index in [1.165, 1.54) is 6.33 Å². The van der Waals surface area contributed by atoms with Crippen LogP contribution in [0.15, 0.2) is 12.5 Å². The van der Waals surface area contributed by atoms with E-state index in [0.29, 0.717) is 30.1 Å². The highest BCUT2D eigenvalue weighted by Crippen LogP contribution is 2.27. The molecule has 0 aromatic carbocycles. The van der Waals surface area contributed by atoms with Crippen molar-refractivity contribution >= 4 is 0 Å². The van der Waals surface area contributed by atoms with Gasteiger partial charge in [0.1, 0.15) is 12.0 Å². The standard InChI is InChI=1S/C14H23N7O/c1-14(2,22)8-21-13(16-9-17-21)12-7-20(19-18-12)11-5-3-10(15)4-6-11/h7,9-11,22H,3-6,8,15H2,1-2H3. The summed E-state index contributed by atoms with van der Waals surface area (Å²) in [5.74, 6) is 0.626. The quantitative estimate of drug-likeness (QED) is 0.863. The number of aliphatic hydroxyl groups is 1. The van der Waals surface area contributed by atoms with E-state index in [-0.39, 0.29) is 0 Å². The summed E-state index contributed by atoms with van der Waals surface area (Å²) in [5.41, 5.74) is 5.76. The summed E-state index contributed by atoms with van der Waals surface area (Å²) < 4.78 is 3.56. The fraction of sp³-hybridized carbons (Fsp3) is 0.714. The fourth-order valence-corrected chi connectivity index (χ4v) is 2.87. The van der Waals surface area contributed by atoms with Crippen LogP contribution in [0.2, 0.25) is 0 Å². The predicted molar refractivity (Wildman–Crippen MR) is 80.8 cm³/mol. The maximum atomic E-state index is 9.95. The van der Waals surface area contributed by atoms with Gasteiger partial charge in [-0.05, 0) is 39.5 Å². The molecule has 1 aliphatic rings. The van der Waals surface area contributed by atoms with Gasteiger partial charge in [-0.15, -0.1) is 5.10 Å². The van der Waals surface area contributed by atoms with Gasteiger partial charge in [-0.25, -0.2) is 14.3 Å². The zero-order valence-electron chi connectivity index (χ0n) is 13.1. The van der Waals surface area contributed by atoms with Crippen molar-refractivity contribution in [3.63, 3.8) is 0 Å². The molecule has 2 aromatic rings. The molecule has 3 N–H and O–H groups in total. The molecule has 0 atom stereocenters. The second-order valence-electron chi connectivity index (χ2n) is 6.71. The van der Waals surface area contributed by atoms with Gasteiger partial charge in [-0.2, -0.15) is 5.10 Å². The van der Waals surface area contributed by atoms with Gasteiger partial charge in [-0.1, -0.05) is 5.21 Å². The van der Waals surface area contributed by atoms with Crippen LogP contribution >= 0.6 is 0 Å². The first-order valence-corrected chi connectivity index (χ1v) is 7.70. The highest BCUT2D eigenvalue weighted by molar-refractivity contribution is 5.46. The van der Waals surface area contributed by atoms with Crippen LogP contribution in [0.25, 0.3) is 11.5 Å². The van der Waals surface area contributed by atoms with E-state index >= 15 is 0 Å². The van der Waals surface area contributed by atoms with E-state index in [1.807, 2.05) is 10.9 Å². The lowest BCUT2D eigenvalue weighted by molar-refractivity contribution is 0.0582.